The number of hydrogen-bond donors (Lipinski definition) is 2. The molecule has 23 heavy (non-hydrogen) atoms. The summed E-state index contributed by atoms with van der Waals surface area (Å²) in [5.74, 6) is -0.740. The van der Waals surface area contributed by atoms with Crippen molar-refractivity contribution in [2.75, 3.05) is 0 Å². The Bertz CT molecular complexity index is 909. The van der Waals surface area contributed by atoms with Gasteiger partial charge in [0.2, 0.25) is 5.43 Å². The molecule has 0 aliphatic rings. The average Bonchev–Trinajstić information content (AvgIpc) is 2.98. The smallest absolute Gasteiger partial charge is 0.341 e. The van der Waals surface area contributed by atoms with Crippen molar-refractivity contribution in [3.8, 4) is 11.3 Å². The van der Waals surface area contributed by atoms with Gasteiger partial charge in [0.1, 0.15) is 22.9 Å². The Balaban J connectivity index is 1.90. The normalized spacial score (nSPS) is 10.7. The molecule has 0 spiro atoms. The Kier molecular flexibility index (Phi) is 3.80. The number of carbonyl (C=O) groups is 1. The maximum absolute atomic E-state index is 12.9. The number of rotatable bonds is 4. The Morgan fingerprint density at radius 3 is 2.57 bits per heavy atom. The quantitative estimate of drug-likeness (QED) is 0.775. The predicted octanol–water partition coefficient (Wildman–Crippen LogP) is 3.06. The molecule has 116 valence electrons. The Hall–Kier alpha value is -3.15. The third-order valence-electron chi connectivity index (χ3n) is 3.39. The number of hydrogen-bond acceptors (Lipinski definition) is 3. The van der Waals surface area contributed by atoms with Crippen molar-refractivity contribution in [2.24, 2.45) is 0 Å². The van der Waals surface area contributed by atoms with Gasteiger partial charge >= 0.3 is 5.97 Å². The molecular formula is C17H12FNO4. The number of furan rings is 1. The van der Waals surface area contributed by atoms with Crippen LogP contribution >= 0.6 is 0 Å². The molecule has 0 radical (unpaired) electrons. The van der Waals surface area contributed by atoms with Gasteiger partial charge in [-0.2, -0.15) is 0 Å². The Morgan fingerprint density at radius 2 is 1.87 bits per heavy atom. The number of aromatic nitrogens is 1. The summed E-state index contributed by atoms with van der Waals surface area (Å²) < 4.78 is 18.5. The second-order valence-electron chi connectivity index (χ2n) is 4.99. The van der Waals surface area contributed by atoms with E-state index < -0.39 is 11.4 Å². The molecule has 2 N–H and O–H groups in total. The van der Waals surface area contributed by atoms with E-state index in [-0.39, 0.29) is 22.7 Å². The van der Waals surface area contributed by atoms with E-state index in [4.69, 9.17) is 9.52 Å². The molecule has 1 aromatic carbocycles. The van der Waals surface area contributed by atoms with Crippen LogP contribution in [0.5, 0.6) is 0 Å². The number of halogens is 1. The molecule has 0 bridgehead atoms. The first-order valence-corrected chi connectivity index (χ1v) is 6.82. The fourth-order valence-electron chi connectivity index (χ4n) is 2.25. The van der Waals surface area contributed by atoms with E-state index in [0.29, 0.717) is 12.2 Å². The largest absolute Gasteiger partial charge is 0.477 e. The van der Waals surface area contributed by atoms with Crippen molar-refractivity contribution in [3.05, 3.63) is 81.7 Å². The van der Waals surface area contributed by atoms with Gasteiger partial charge in [0.25, 0.3) is 0 Å². The number of H-pyrrole nitrogens is 1. The minimum atomic E-state index is -1.30. The molecule has 0 saturated heterocycles. The van der Waals surface area contributed by atoms with Crippen molar-refractivity contribution in [3.63, 3.8) is 0 Å². The molecule has 0 fully saturated rings. The van der Waals surface area contributed by atoms with Crippen molar-refractivity contribution in [1.82, 2.24) is 4.98 Å². The standard InChI is InChI=1S/C17H12FNO4/c18-11-3-1-10(2-4-11)7-12-5-6-15(23-12)13-8-19-9-14(16(13)20)17(21)22/h1-6,8-9H,7H2,(H,19,20)(H,21,22). The molecular weight excluding hydrogens is 301 g/mol. The van der Waals surface area contributed by atoms with E-state index >= 15 is 0 Å². The average molecular weight is 313 g/mol. The van der Waals surface area contributed by atoms with Gasteiger partial charge in [0, 0.05) is 18.8 Å². The number of aromatic amines is 1. The summed E-state index contributed by atoms with van der Waals surface area (Å²) >= 11 is 0. The lowest BCUT2D eigenvalue weighted by molar-refractivity contribution is 0.0695. The summed E-state index contributed by atoms with van der Waals surface area (Å²) in [4.78, 5) is 25.7. The third kappa shape index (κ3) is 3.06. The van der Waals surface area contributed by atoms with Gasteiger partial charge < -0.3 is 14.5 Å². The maximum Gasteiger partial charge on any atom is 0.341 e. The van der Waals surface area contributed by atoms with Crippen LogP contribution < -0.4 is 5.43 Å². The number of pyridine rings is 1. The van der Waals surface area contributed by atoms with Gasteiger partial charge in [-0.1, -0.05) is 12.1 Å². The minimum Gasteiger partial charge on any atom is -0.477 e. The molecule has 2 aromatic heterocycles. The van der Waals surface area contributed by atoms with Crippen LogP contribution in [0, 0.1) is 5.82 Å². The highest BCUT2D eigenvalue weighted by Gasteiger charge is 2.15. The van der Waals surface area contributed by atoms with Crippen molar-refractivity contribution in [2.45, 2.75) is 6.42 Å². The number of carboxylic acids is 1. The number of carboxylic acid groups (broad SMARTS) is 1. The van der Waals surface area contributed by atoms with Gasteiger partial charge in [-0.25, -0.2) is 9.18 Å². The first-order chi connectivity index (χ1) is 11.0. The molecule has 0 aliphatic heterocycles. The maximum atomic E-state index is 12.9. The second kappa shape index (κ2) is 5.92. The molecule has 5 nitrogen and oxygen atoms in total. The molecule has 3 rings (SSSR count). The fourth-order valence-corrected chi connectivity index (χ4v) is 2.25. The van der Waals surface area contributed by atoms with Crippen LogP contribution in [-0.2, 0) is 6.42 Å². The van der Waals surface area contributed by atoms with Gasteiger partial charge in [-0.05, 0) is 29.8 Å². The van der Waals surface area contributed by atoms with Crippen molar-refractivity contribution < 1.29 is 18.7 Å². The summed E-state index contributed by atoms with van der Waals surface area (Å²) in [7, 11) is 0. The molecule has 2 heterocycles. The first-order valence-electron chi connectivity index (χ1n) is 6.82. The zero-order valence-corrected chi connectivity index (χ0v) is 11.9. The second-order valence-corrected chi connectivity index (χ2v) is 4.99. The summed E-state index contributed by atoms with van der Waals surface area (Å²) in [6.45, 7) is 0. The topological polar surface area (TPSA) is 83.3 Å². The van der Waals surface area contributed by atoms with Gasteiger partial charge in [-0.3, -0.25) is 4.79 Å². The lowest BCUT2D eigenvalue weighted by Crippen LogP contribution is -2.16. The van der Waals surface area contributed by atoms with Gasteiger partial charge in [0.05, 0.1) is 5.56 Å². The van der Waals surface area contributed by atoms with Crippen LogP contribution in [-0.4, -0.2) is 16.1 Å². The van der Waals surface area contributed by atoms with Crippen LogP contribution in [0.4, 0.5) is 4.39 Å². The van der Waals surface area contributed by atoms with Gasteiger partial charge in [0.15, 0.2) is 0 Å². The van der Waals surface area contributed by atoms with Crippen LogP contribution in [0.2, 0.25) is 0 Å². The van der Waals surface area contributed by atoms with Crippen molar-refractivity contribution >= 4 is 5.97 Å². The van der Waals surface area contributed by atoms with E-state index in [9.17, 15) is 14.0 Å². The molecule has 0 aliphatic carbocycles. The zero-order chi connectivity index (χ0) is 16.4. The molecule has 0 unspecified atom stereocenters. The summed E-state index contributed by atoms with van der Waals surface area (Å²) in [6.07, 6.45) is 2.97. The van der Waals surface area contributed by atoms with E-state index in [2.05, 4.69) is 4.98 Å². The molecule has 6 heteroatoms. The monoisotopic (exact) mass is 313 g/mol. The highest BCUT2D eigenvalue weighted by Crippen LogP contribution is 2.21. The third-order valence-corrected chi connectivity index (χ3v) is 3.39. The summed E-state index contributed by atoms with van der Waals surface area (Å²) in [5, 5.41) is 8.98. The van der Waals surface area contributed by atoms with Crippen molar-refractivity contribution in [1.29, 1.82) is 0 Å². The lowest BCUT2D eigenvalue weighted by atomic mass is 10.1. The summed E-state index contributed by atoms with van der Waals surface area (Å²) in [6, 6.07) is 9.33. The zero-order valence-electron chi connectivity index (χ0n) is 11.9. The van der Waals surface area contributed by atoms with Crippen LogP contribution in [0.3, 0.4) is 0 Å². The highest BCUT2D eigenvalue weighted by molar-refractivity contribution is 5.88. The van der Waals surface area contributed by atoms with Crippen LogP contribution in [0.1, 0.15) is 21.7 Å². The number of benzene rings is 1. The first kappa shape index (κ1) is 14.8. The highest BCUT2D eigenvalue weighted by atomic mass is 19.1. The lowest BCUT2D eigenvalue weighted by Gasteiger charge is -2.00. The fraction of sp³-hybridized carbons (Fsp3) is 0.0588. The molecule has 0 amide bonds. The van der Waals surface area contributed by atoms with Crippen LogP contribution in [0.15, 0.2) is 58.0 Å². The summed E-state index contributed by atoms with van der Waals surface area (Å²) in [5.41, 5.74) is 0.0497. The molecule has 0 atom stereocenters. The predicted molar refractivity (Wildman–Crippen MR) is 80.9 cm³/mol. The van der Waals surface area contributed by atoms with E-state index in [1.807, 2.05) is 0 Å². The molecule has 3 aromatic rings. The Morgan fingerprint density at radius 1 is 1.13 bits per heavy atom. The van der Waals surface area contributed by atoms with E-state index in [0.717, 1.165) is 11.8 Å². The molecule has 0 saturated carbocycles. The SMILES string of the molecule is O=C(O)c1c[nH]cc(-c2ccc(Cc3ccc(F)cc3)o2)c1=O. The number of nitrogens with one attached hydrogen (secondary N) is 1. The van der Waals surface area contributed by atoms with Crippen LogP contribution in [0.25, 0.3) is 11.3 Å². The minimum absolute atomic E-state index is 0.148. The Labute approximate surface area is 130 Å². The van der Waals surface area contributed by atoms with E-state index in [1.54, 1.807) is 24.3 Å². The van der Waals surface area contributed by atoms with Gasteiger partial charge in [-0.15, -0.1) is 0 Å². The number of aromatic carboxylic acids is 1. The van der Waals surface area contributed by atoms with E-state index in [1.165, 1.54) is 18.3 Å².